The smallest absolute Gasteiger partial charge is 0.0334 e. The first-order valence-electron chi connectivity index (χ1n) is 9.25. The summed E-state index contributed by atoms with van der Waals surface area (Å²) in [7, 11) is 0. The van der Waals surface area contributed by atoms with E-state index in [2.05, 4.69) is 24.1 Å². The molecule has 1 heterocycles. The lowest BCUT2D eigenvalue weighted by molar-refractivity contribution is 0.0315. The molecule has 1 atom stereocenters. The Morgan fingerprint density at radius 2 is 1.65 bits per heavy atom. The summed E-state index contributed by atoms with van der Waals surface area (Å²) >= 11 is 0. The van der Waals surface area contributed by atoms with E-state index < -0.39 is 0 Å². The van der Waals surface area contributed by atoms with Crippen molar-refractivity contribution in [1.29, 1.82) is 0 Å². The highest BCUT2D eigenvalue weighted by atomic mass is 15.2. The number of rotatable bonds is 7. The Bertz CT molecular complexity index is 252. The number of piperidine rings is 1. The lowest BCUT2D eigenvalue weighted by Gasteiger charge is -2.49. The van der Waals surface area contributed by atoms with E-state index in [1.807, 2.05) is 0 Å². The highest BCUT2D eigenvalue weighted by Crippen LogP contribution is 2.35. The minimum Gasteiger partial charge on any atom is -0.312 e. The molecule has 0 amide bonds. The molecule has 0 aromatic carbocycles. The summed E-state index contributed by atoms with van der Waals surface area (Å²) in [5.41, 5.74) is 0.499. The van der Waals surface area contributed by atoms with Gasteiger partial charge in [-0.3, -0.25) is 4.90 Å². The van der Waals surface area contributed by atoms with E-state index in [-0.39, 0.29) is 0 Å². The van der Waals surface area contributed by atoms with Crippen molar-refractivity contribution < 1.29 is 0 Å². The van der Waals surface area contributed by atoms with Gasteiger partial charge in [0.05, 0.1) is 0 Å². The molecular weight excluding hydrogens is 244 g/mol. The fraction of sp³-hybridized carbons (Fsp3) is 1.00. The zero-order valence-electron chi connectivity index (χ0n) is 13.9. The van der Waals surface area contributed by atoms with E-state index in [4.69, 9.17) is 0 Å². The van der Waals surface area contributed by atoms with Crippen molar-refractivity contribution in [3.8, 4) is 0 Å². The molecule has 0 aromatic rings. The van der Waals surface area contributed by atoms with Gasteiger partial charge in [0.15, 0.2) is 0 Å². The Kier molecular flexibility index (Phi) is 6.83. The molecule has 2 rings (SSSR count). The van der Waals surface area contributed by atoms with Gasteiger partial charge in [-0.15, -0.1) is 0 Å². The second-order valence-corrected chi connectivity index (χ2v) is 7.26. The third-order valence-electron chi connectivity index (χ3n) is 5.58. The highest BCUT2D eigenvalue weighted by molar-refractivity contribution is 4.96. The van der Waals surface area contributed by atoms with Crippen LogP contribution in [-0.2, 0) is 0 Å². The van der Waals surface area contributed by atoms with Crippen molar-refractivity contribution in [2.24, 2.45) is 0 Å². The highest BCUT2D eigenvalue weighted by Gasteiger charge is 2.38. The molecule has 0 aromatic heterocycles. The molecule has 1 saturated carbocycles. The van der Waals surface area contributed by atoms with E-state index in [9.17, 15) is 0 Å². The van der Waals surface area contributed by atoms with E-state index in [0.717, 1.165) is 0 Å². The number of hydrogen-bond acceptors (Lipinski definition) is 2. The normalized spacial score (nSPS) is 25.5. The van der Waals surface area contributed by atoms with Crippen LogP contribution in [0.2, 0.25) is 0 Å². The summed E-state index contributed by atoms with van der Waals surface area (Å²) < 4.78 is 0. The average molecular weight is 280 g/mol. The first-order chi connectivity index (χ1) is 9.77. The van der Waals surface area contributed by atoms with Gasteiger partial charge in [0.1, 0.15) is 0 Å². The van der Waals surface area contributed by atoms with E-state index in [1.54, 1.807) is 0 Å². The van der Waals surface area contributed by atoms with Gasteiger partial charge in [-0.05, 0) is 52.1 Å². The van der Waals surface area contributed by atoms with Gasteiger partial charge < -0.3 is 5.32 Å². The van der Waals surface area contributed by atoms with Crippen LogP contribution in [0.25, 0.3) is 0 Å². The molecule has 2 nitrogen and oxygen atoms in total. The minimum absolute atomic E-state index is 0.499. The molecule has 1 saturated heterocycles. The zero-order valence-corrected chi connectivity index (χ0v) is 13.9. The van der Waals surface area contributed by atoms with Crippen LogP contribution in [-0.4, -0.2) is 36.1 Å². The van der Waals surface area contributed by atoms with Crippen molar-refractivity contribution in [2.75, 3.05) is 19.6 Å². The van der Waals surface area contributed by atoms with Crippen LogP contribution >= 0.6 is 0 Å². The molecule has 118 valence electrons. The SMILES string of the molecule is CCCCC(C)NCC1(N2CCCCC2)CCCCC1. The van der Waals surface area contributed by atoms with Crippen LogP contribution < -0.4 is 5.32 Å². The lowest BCUT2D eigenvalue weighted by Crippen LogP contribution is -2.58. The number of nitrogens with zero attached hydrogens (tertiary/aromatic N) is 1. The van der Waals surface area contributed by atoms with Crippen molar-refractivity contribution >= 4 is 0 Å². The Morgan fingerprint density at radius 3 is 2.30 bits per heavy atom. The molecule has 0 radical (unpaired) electrons. The largest absolute Gasteiger partial charge is 0.312 e. The average Bonchev–Trinajstić information content (AvgIpc) is 2.52. The molecule has 2 aliphatic rings. The maximum atomic E-state index is 3.88. The molecule has 2 heteroatoms. The van der Waals surface area contributed by atoms with Crippen LogP contribution in [0, 0.1) is 0 Å². The van der Waals surface area contributed by atoms with Crippen LogP contribution in [0.5, 0.6) is 0 Å². The van der Waals surface area contributed by atoms with Gasteiger partial charge in [0.2, 0.25) is 0 Å². The third kappa shape index (κ3) is 4.46. The third-order valence-corrected chi connectivity index (χ3v) is 5.58. The lowest BCUT2D eigenvalue weighted by atomic mass is 9.79. The Balaban J connectivity index is 1.88. The van der Waals surface area contributed by atoms with Crippen LogP contribution in [0.3, 0.4) is 0 Å². The standard InChI is InChI=1S/C18H36N2/c1-3-4-11-17(2)19-16-18(12-7-5-8-13-18)20-14-9-6-10-15-20/h17,19H,3-16H2,1-2H3. The van der Waals surface area contributed by atoms with Crippen LogP contribution in [0.15, 0.2) is 0 Å². The second kappa shape index (κ2) is 8.38. The topological polar surface area (TPSA) is 15.3 Å². The van der Waals surface area contributed by atoms with Crippen molar-refractivity contribution in [1.82, 2.24) is 10.2 Å². The molecule has 1 aliphatic carbocycles. The molecule has 0 bridgehead atoms. The minimum atomic E-state index is 0.499. The molecule has 1 unspecified atom stereocenters. The Labute approximate surface area is 126 Å². The van der Waals surface area contributed by atoms with E-state index >= 15 is 0 Å². The van der Waals surface area contributed by atoms with Gasteiger partial charge in [0.25, 0.3) is 0 Å². The summed E-state index contributed by atoms with van der Waals surface area (Å²) in [6, 6.07) is 0.693. The quantitative estimate of drug-likeness (QED) is 0.746. The van der Waals surface area contributed by atoms with Crippen LogP contribution in [0.1, 0.15) is 84.5 Å². The Hall–Kier alpha value is -0.0800. The summed E-state index contributed by atoms with van der Waals surface area (Å²) in [6.45, 7) is 8.61. The maximum absolute atomic E-state index is 3.88. The fourth-order valence-electron chi connectivity index (χ4n) is 4.16. The molecule has 1 N–H and O–H groups in total. The predicted octanol–water partition coefficient (Wildman–Crippen LogP) is 4.34. The van der Waals surface area contributed by atoms with Gasteiger partial charge in [-0.2, -0.15) is 0 Å². The monoisotopic (exact) mass is 280 g/mol. The van der Waals surface area contributed by atoms with E-state index in [0.29, 0.717) is 11.6 Å². The molecular formula is C18H36N2. The number of nitrogens with one attached hydrogen (secondary N) is 1. The summed E-state index contributed by atoms with van der Waals surface area (Å²) in [5.74, 6) is 0. The van der Waals surface area contributed by atoms with Crippen LogP contribution in [0.4, 0.5) is 0 Å². The first kappa shape index (κ1) is 16.3. The molecule has 1 aliphatic heterocycles. The summed E-state index contributed by atoms with van der Waals surface area (Å²) in [4.78, 5) is 2.86. The molecule has 0 spiro atoms. The van der Waals surface area contributed by atoms with Gasteiger partial charge in [-0.25, -0.2) is 0 Å². The van der Waals surface area contributed by atoms with Crippen molar-refractivity contribution in [3.05, 3.63) is 0 Å². The Morgan fingerprint density at radius 1 is 1.00 bits per heavy atom. The zero-order chi connectivity index (χ0) is 14.3. The fourth-order valence-corrected chi connectivity index (χ4v) is 4.16. The van der Waals surface area contributed by atoms with Crippen molar-refractivity contribution in [3.63, 3.8) is 0 Å². The van der Waals surface area contributed by atoms with E-state index in [1.165, 1.54) is 90.3 Å². The molecule has 20 heavy (non-hydrogen) atoms. The molecule has 2 fully saturated rings. The number of likely N-dealkylation sites (tertiary alicyclic amines) is 1. The maximum Gasteiger partial charge on any atom is 0.0334 e. The first-order valence-corrected chi connectivity index (χ1v) is 9.25. The van der Waals surface area contributed by atoms with Gasteiger partial charge in [-0.1, -0.05) is 45.4 Å². The number of unbranched alkanes of at least 4 members (excludes halogenated alkanes) is 1. The van der Waals surface area contributed by atoms with Gasteiger partial charge in [0, 0.05) is 18.1 Å². The second-order valence-electron chi connectivity index (χ2n) is 7.26. The van der Waals surface area contributed by atoms with Crippen molar-refractivity contribution in [2.45, 2.75) is 96.1 Å². The van der Waals surface area contributed by atoms with Gasteiger partial charge >= 0.3 is 0 Å². The summed E-state index contributed by atoms with van der Waals surface area (Å²) in [5, 5.41) is 3.88. The summed E-state index contributed by atoms with van der Waals surface area (Å²) in [6.07, 6.45) is 15.5. The number of hydrogen-bond donors (Lipinski definition) is 1. The predicted molar refractivity (Wildman–Crippen MR) is 88.2 cm³/mol.